The van der Waals surface area contributed by atoms with Crippen LogP contribution < -0.4 is 0 Å². The SMILES string of the molecule is CC(=O)OC1C(C)=CC2C(OC(=O)c3ccccc3)C(C)CC2(O)C(=O)C(C)C=CC(C)(C)C(OC(C)=O)C1OC(C)=O. The van der Waals surface area contributed by atoms with Gasteiger partial charge in [-0.1, -0.05) is 64.1 Å². The van der Waals surface area contributed by atoms with Crippen molar-refractivity contribution < 1.29 is 48.0 Å². The highest BCUT2D eigenvalue weighted by Crippen LogP contribution is 2.46. The van der Waals surface area contributed by atoms with Crippen molar-refractivity contribution in [2.24, 2.45) is 23.2 Å². The van der Waals surface area contributed by atoms with E-state index in [0.29, 0.717) is 11.1 Å². The maximum atomic E-state index is 13.9. The molecule has 1 N–H and O–H groups in total. The first-order valence-corrected chi connectivity index (χ1v) is 14.4. The van der Waals surface area contributed by atoms with E-state index in [1.807, 2.05) is 0 Å². The number of Topliss-reactive ketones (excluding diaryl/α,β-unsaturated/α-hetero) is 1. The molecule has 0 aromatic heterocycles. The lowest BCUT2D eigenvalue weighted by Gasteiger charge is -2.40. The second-order valence-corrected chi connectivity index (χ2v) is 12.2. The van der Waals surface area contributed by atoms with Crippen LogP contribution in [0.5, 0.6) is 0 Å². The number of esters is 4. The Morgan fingerprint density at radius 2 is 1.44 bits per heavy atom. The van der Waals surface area contributed by atoms with E-state index >= 15 is 0 Å². The minimum absolute atomic E-state index is 0.0102. The molecule has 3 rings (SSSR count). The zero-order valence-corrected chi connectivity index (χ0v) is 26.0. The summed E-state index contributed by atoms with van der Waals surface area (Å²) in [7, 11) is 0. The molecule has 234 valence electrons. The van der Waals surface area contributed by atoms with Crippen LogP contribution in [-0.4, -0.2) is 64.8 Å². The Labute approximate surface area is 252 Å². The molecule has 10 heteroatoms. The Bertz CT molecular complexity index is 1300. The summed E-state index contributed by atoms with van der Waals surface area (Å²) >= 11 is 0. The number of benzene rings is 1. The van der Waals surface area contributed by atoms with E-state index in [0.717, 1.165) is 0 Å². The summed E-state index contributed by atoms with van der Waals surface area (Å²) in [6.45, 7) is 12.1. The van der Waals surface area contributed by atoms with Crippen LogP contribution in [0.25, 0.3) is 0 Å². The average molecular weight is 599 g/mol. The lowest BCUT2D eigenvalue weighted by molar-refractivity contribution is -0.187. The van der Waals surface area contributed by atoms with Crippen molar-refractivity contribution in [1.82, 2.24) is 0 Å². The van der Waals surface area contributed by atoms with Crippen LogP contribution in [0.15, 0.2) is 54.1 Å². The molecular formula is C33H42O10. The van der Waals surface area contributed by atoms with Crippen molar-refractivity contribution in [3.8, 4) is 0 Å². The number of hydrogen-bond donors (Lipinski definition) is 1. The van der Waals surface area contributed by atoms with Gasteiger partial charge in [-0.15, -0.1) is 0 Å². The van der Waals surface area contributed by atoms with Gasteiger partial charge in [0.15, 0.2) is 24.1 Å². The molecule has 1 saturated carbocycles. The molecule has 8 atom stereocenters. The minimum Gasteiger partial charge on any atom is -0.458 e. The summed E-state index contributed by atoms with van der Waals surface area (Å²) < 4.78 is 23.0. The molecule has 10 nitrogen and oxygen atoms in total. The van der Waals surface area contributed by atoms with Crippen molar-refractivity contribution in [1.29, 1.82) is 0 Å². The van der Waals surface area contributed by atoms with Gasteiger partial charge in [0.25, 0.3) is 0 Å². The van der Waals surface area contributed by atoms with Gasteiger partial charge in [-0.3, -0.25) is 19.2 Å². The number of rotatable bonds is 5. The van der Waals surface area contributed by atoms with Gasteiger partial charge in [0, 0.05) is 32.1 Å². The van der Waals surface area contributed by atoms with E-state index in [4.69, 9.17) is 18.9 Å². The monoisotopic (exact) mass is 598 g/mol. The lowest BCUT2D eigenvalue weighted by atomic mass is 9.75. The fraction of sp³-hybridized carbons (Fsp3) is 0.545. The van der Waals surface area contributed by atoms with Gasteiger partial charge < -0.3 is 24.1 Å². The number of carbonyl (C=O) groups excluding carboxylic acids is 5. The summed E-state index contributed by atoms with van der Waals surface area (Å²) in [6, 6.07) is 8.36. The highest BCUT2D eigenvalue weighted by molar-refractivity contribution is 5.92. The van der Waals surface area contributed by atoms with Crippen LogP contribution in [0.2, 0.25) is 0 Å². The summed E-state index contributed by atoms with van der Waals surface area (Å²) in [4.78, 5) is 64.1. The molecule has 0 aliphatic heterocycles. The second kappa shape index (κ2) is 13.2. The van der Waals surface area contributed by atoms with Crippen molar-refractivity contribution in [2.75, 3.05) is 0 Å². The van der Waals surface area contributed by atoms with Gasteiger partial charge in [-0.25, -0.2) is 4.79 Å². The largest absolute Gasteiger partial charge is 0.458 e. The third-order valence-corrected chi connectivity index (χ3v) is 8.12. The Morgan fingerprint density at radius 1 is 0.860 bits per heavy atom. The quantitative estimate of drug-likeness (QED) is 0.298. The highest BCUT2D eigenvalue weighted by atomic mass is 16.6. The van der Waals surface area contributed by atoms with Gasteiger partial charge in [-0.2, -0.15) is 0 Å². The summed E-state index contributed by atoms with van der Waals surface area (Å²) in [6.07, 6.45) is 0.162. The van der Waals surface area contributed by atoms with Gasteiger partial charge in [0.2, 0.25) is 0 Å². The van der Waals surface area contributed by atoms with E-state index < -0.39 is 82.8 Å². The van der Waals surface area contributed by atoms with Crippen molar-refractivity contribution >= 4 is 29.7 Å². The summed E-state index contributed by atoms with van der Waals surface area (Å²) in [5.74, 6) is -5.44. The molecule has 0 heterocycles. The summed E-state index contributed by atoms with van der Waals surface area (Å²) in [5, 5.41) is 12.1. The molecule has 0 amide bonds. The molecule has 2 aliphatic carbocycles. The maximum Gasteiger partial charge on any atom is 0.338 e. The third kappa shape index (κ3) is 7.60. The fourth-order valence-corrected chi connectivity index (χ4v) is 6.06. The number of hydrogen-bond acceptors (Lipinski definition) is 10. The van der Waals surface area contributed by atoms with Crippen LogP contribution in [-0.2, 0) is 38.1 Å². The van der Waals surface area contributed by atoms with E-state index in [1.54, 1.807) is 83.2 Å². The lowest BCUT2D eigenvalue weighted by Crippen LogP contribution is -2.52. The Balaban J connectivity index is 2.26. The number of carbonyl (C=O) groups is 5. The number of aliphatic hydroxyl groups is 1. The molecule has 1 aromatic rings. The molecule has 43 heavy (non-hydrogen) atoms. The zero-order chi connectivity index (χ0) is 32.3. The van der Waals surface area contributed by atoms with Crippen molar-refractivity contribution in [3.63, 3.8) is 0 Å². The number of allylic oxidation sites excluding steroid dienone is 1. The van der Waals surface area contributed by atoms with E-state index in [9.17, 15) is 29.1 Å². The number of fused-ring (bicyclic) bond motifs is 1. The van der Waals surface area contributed by atoms with Crippen molar-refractivity contribution in [3.05, 3.63) is 59.7 Å². The van der Waals surface area contributed by atoms with E-state index in [1.165, 1.54) is 20.8 Å². The predicted molar refractivity (Wildman–Crippen MR) is 155 cm³/mol. The van der Waals surface area contributed by atoms with Crippen molar-refractivity contribution in [2.45, 2.75) is 91.8 Å². The van der Waals surface area contributed by atoms with Crippen LogP contribution in [0.3, 0.4) is 0 Å². The molecule has 0 saturated heterocycles. The molecule has 0 radical (unpaired) electrons. The van der Waals surface area contributed by atoms with E-state index in [-0.39, 0.29) is 6.42 Å². The van der Waals surface area contributed by atoms with Gasteiger partial charge in [-0.05, 0) is 37.0 Å². The maximum absolute atomic E-state index is 13.9. The first-order chi connectivity index (χ1) is 20.0. The average Bonchev–Trinajstić information content (AvgIpc) is 3.16. The Kier molecular flexibility index (Phi) is 10.4. The molecule has 0 spiro atoms. The third-order valence-electron chi connectivity index (χ3n) is 8.12. The molecular weight excluding hydrogens is 556 g/mol. The first kappa shape index (κ1) is 33.7. The standard InChI is InChI=1S/C33H42O10/c1-18-14-15-32(7,8)30(42-23(6)36)28(41-22(5)35)27(40-21(4)34)19(2)16-25-26(20(3)17-33(25,39)29(18)37)43-31(38)24-12-10-9-11-13-24/h9-16,18,20,25-28,30,39H,17H2,1-8H3. The highest BCUT2D eigenvalue weighted by Gasteiger charge is 2.57. The van der Waals surface area contributed by atoms with Crippen LogP contribution in [0, 0.1) is 23.2 Å². The van der Waals surface area contributed by atoms with Gasteiger partial charge >= 0.3 is 23.9 Å². The zero-order valence-electron chi connectivity index (χ0n) is 26.0. The molecule has 2 aliphatic rings. The molecule has 1 aromatic carbocycles. The Hall–Kier alpha value is -3.79. The van der Waals surface area contributed by atoms with Crippen LogP contribution in [0.4, 0.5) is 0 Å². The van der Waals surface area contributed by atoms with Crippen LogP contribution >= 0.6 is 0 Å². The molecule has 8 unspecified atom stereocenters. The first-order valence-electron chi connectivity index (χ1n) is 14.4. The minimum atomic E-state index is -1.94. The fourth-order valence-electron chi connectivity index (χ4n) is 6.06. The van der Waals surface area contributed by atoms with Gasteiger partial charge in [0.1, 0.15) is 11.7 Å². The second-order valence-electron chi connectivity index (χ2n) is 12.2. The number of ketones is 1. The van der Waals surface area contributed by atoms with Gasteiger partial charge in [0.05, 0.1) is 11.5 Å². The molecule has 1 fully saturated rings. The smallest absolute Gasteiger partial charge is 0.338 e. The molecule has 0 bridgehead atoms. The summed E-state index contributed by atoms with van der Waals surface area (Å²) in [5.41, 5.74) is -2.36. The van der Waals surface area contributed by atoms with Crippen LogP contribution in [0.1, 0.15) is 72.2 Å². The van der Waals surface area contributed by atoms with E-state index in [2.05, 4.69) is 0 Å². The predicted octanol–water partition coefficient (Wildman–Crippen LogP) is 4.14. The topological polar surface area (TPSA) is 143 Å². The Morgan fingerprint density at radius 3 is 2.00 bits per heavy atom. The normalized spacial score (nSPS) is 32.3. The number of ether oxygens (including phenoxy) is 4.